The first-order valence-corrected chi connectivity index (χ1v) is 7.92. The molecule has 0 unspecified atom stereocenters. The van der Waals surface area contributed by atoms with Gasteiger partial charge in [0.15, 0.2) is 5.43 Å². The van der Waals surface area contributed by atoms with Crippen molar-refractivity contribution in [3.63, 3.8) is 0 Å². The van der Waals surface area contributed by atoms with E-state index in [1.165, 1.54) is 12.8 Å². The van der Waals surface area contributed by atoms with E-state index in [-0.39, 0.29) is 11.2 Å². The van der Waals surface area contributed by atoms with Crippen LogP contribution in [0.2, 0.25) is 0 Å². The van der Waals surface area contributed by atoms with E-state index in [1.807, 2.05) is 18.2 Å². The molecule has 4 rings (SSSR count). The van der Waals surface area contributed by atoms with Crippen molar-refractivity contribution in [1.82, 2.24) is 4.98 Å². The molecule has 2 heterocycles. The summed E-state index contributed by atoms with van der Waals surface area (Å²) < 4.78 is 0. The molecule has 2 N–H and O–H groups in total. The Morgan fingerprint density at radius 3 is 2.61 bits per heavy atom. The van der Waals surface area contributed by atoms with Crippen LogP contribution in [-0.2, 0) is 0 Å². The third-order valence-corrected chi connectivity index (χ3v) is 4.44. The molecule has 0 saturated carbocycles. The number of benzene rings is 2. The number of rotatable bonds is 2. The third kappa shape index (κ3) is 2.57. The lowest BCUT2D eigenvalue weighted by Crippen LogP contribution is -2.17. The number of nitrogens with zero attached hydrogens (tertiary/aromatic N) is 1. The number of H-pyrrole nitrogens is 1. The van der Waals surface area contributed by atoms with Crippen LogP contribution in [0.25, 0.3) is 22.2 Å². The highest BCUT2D eigenvalue weighted by atomic mass is 16.3. The Balaban J connectivity index is 1.82. The van der Waals surface area contributed by atoms with Crippen molar-refractivity contribution in [2.75, 3.05) is 18.0 Å². The molecule has 23 heavy (non-hydrogen) atoms. The van der Waals surface area contributed by atoms with Crippen LogP contribution in [0.5, 0.6) is 5.75 Å². The zero-order valence-corrected chi connectivity index (χ0v) is 12.7. The highest BCUT2D eigenvalue weighted by molar-refractivity contribution is 5.85. The minimum absolute atomic E-state index is 0.00172. The molecule has 0 spiro atoms. The first kappa shape index (κ1) is 13.9. The second kappa shape index (κ2) is 5.47. The summed E-state index contributed by atoms with van der Waals surface area (Å²) in [6, 6.07) is 14.5. The van der Waals surface area contributed by atoms with Crippen LogP contribution < -0.4 is 10.3 Å². The van der Waals surface area contributed by atoms with Crippen molar-refractivity contribution in [3.8, 4) is 17.0 Å². The number of anilines is 1. The molecule has 4 nitrogen and oxygen atoms in total. The van der Waals surface area contributed by atoms with Crippen LogP contribution in [0.15, 0.2) is 53.3 Å². The average Bonchev–Trinajstić information content (AvgIpc) is 3.09. The highest BCUT2D eigenvalue weighted by Gasteiger charge is 2.13. The predicted octanol–water partition coefficient (Wildman–Crippen LogP) is 3.50. The third-order valence-electron chi connectivity index (χ3n) is 4.44. The number of aromatic nitrogens is 1. The molecule has 0 radical (unpaired) electrons. The van der Waals surface area contributed by atoms with Gasteiger partial charge < -0.3 is 15.0 Å². The first-order chi connectivity index (χ1) is 11.2. The fourth-order valence-corrected chi connectivity index (χ4v) is 3.24. The molecule has 4 heteroatoms. The number of nitrogens with one attached hydrogen (secondary N) is 1. The first-order valence-electron chi connectivity index (χ1n) is 7.92. The van der Waals surface area contributed by atoms with E-state index in [4.69, 9.17) is 0 Å². The van der Waals surface area contributed by atoms with Crippen LogP contribution in [-0.4, -0.2) is 23.2 Å². The van der Waals surface area contributed by atoms with Crippen LogP contribution in [0.1, 0.15) is 12.8 Å². The lowest BCUT2D eigenvalue weighted by atomic mass is 10.1. The van der Waals surface area contributed by atoms with Gasteiger partial charge in [0.1, 0.15) is 5.75 Å². The highest BCUT2D eigenvalue weighted by Crippen LogP contribution is 2.25. The molecule has 0 aliphatic carbocycles. The van der Waals surface area contributed by atoms with Gasteiger partial charge in [-0.1, -0.05) is 12.1 Å². The molecule has 1 aromatic heterocycles. The number of phenols is 1. The van der Waals surface area contributed by atoms with Gasteiger partial charge in [0.2, 0.25) is 0 Å². The Morgan fingerprint density at radius 1 is 1.00 bits per heavy atom. The second-order valence-electron chi connectivity index (χ2n) is 6.02. The van der Waals surface area contributed by atoms with Gasteiger partial charge in [-0.3, -0.25) is 4.79 Å². The molecule has 3 aromatic rings. The smallest absolute Gasteiger partial charge is 0.190 e. The summed E-state index contributed by atoms with van der Waals surface area (Å²) in [6.07, 6.45) is 2.43. The van der Waals surface area contributed by atoms with Crippen molar-refractivity contribution in [1.29, 1.82) is 0 Å². The van der Waals surface area contributed by atoms with E-state index in [1.54, 1.807) is 24.3 Å². The van der Waals surface area contributed by atoms with E-state index < -0.39 is 0 Å². The van der Waals surface area contributed by atoms with Crippen molar-refractivity contribution in [2.45, 2.75) is 12.8 Å². The molecule has 1 saturated heterocycles. The molecule has 1 fully saturated rings. The summed E-state index contributed by atoms with van der Waals surface area (Å²) in [5.41, 5.74) is 3.45. The number of phenolic OH excluding ortho intramolecular Hbond substituents is 1. The molecule has 0 atom stereocenters. The Hall–Kier alpha value is -2.75. The predicted molar refractivity (Wildman–Crippen MR) is 93.1 cm³/mol. The summed E-state index contributed by atoms with van der Waals surface area (Å²) in [7, 11) is 0. The van der Waals surface area contributed by atoms with Gasteiger partial charge in [-0.15, -0.1) is 0 Å². The van der Waals surface area contributed by atoms with E-state index in [0.717, 1.165) is 29.9 Å². The minimum Gasteiger partial charge on any atom is -0.508 e. The van der Waals surface area contributed by atoms with Crippen molar-refractivity contribution < 1.29 is 5.11 Å². The van der Waals surface area contributed by atoms with Crippen molar-refractivity contribution in [3.05, 3.63) is 58.8 Å². The van der Waals surface area contributed by atoms with E-state index >= 15 is 0 Å². The number of hydrogen-bond donors (Lipinski definition) is 2. The van der Waals surface area contributed by atoms with Crippen LogP contribution in [0, 0.1) is 0 Å². The van der Waals surface area contributed by atoms with Crippen LogP contribution in [0.3, 0.4) is 0 Å². The Morgan fingerprint density at radius 2 is 1.83 bits per heavy atom. The Kier molecular flexibility index (Phi) is 3.30. The van der Waals surface area contributed by atoms with Gasteiger partial charge >= 0.3 is 0 Å². The average molecular weight is 306 g/mol. The van der Waals surface area contributed by atoms with Gasteiger partial charge in [-0.05, 0) is 43.2 Å². The Labute approximate surface area is 134 Å². The normalized spacial score (nSPS) is 14.5. The van der Waals surface area contributed by atoms with E-state index in [2.05, 4.69) is 16.0 Å². The molecular formula is C19H18N2O2. The van der Waals surface area contributed by atoms with Crippen molar-refractivity contribution in [2.24, 2.45) is 0 Å². The zero-order valence-electron chi connectivity index (χ0n) is 12.7. The molecule has 0 amide bonds. The summed E-state index contributed by atoms with van der Waals surface area (Å²) in [5, 5.41) is 10.3. The van der Waals surface area contributed by atoms with Crippen LogP contribution >= 0.6 is 0 Å². The monoisotopic (exact) mass is 306 g/mol. The molecule has 1 aliphatic rings. The lowest BCUT2D eigenvalue weighted by Gasteiger charge is -2.18. The van der Waals surface area contributed by atoms with Crippen molar-refractivity contribution >= 4 is 16.6 Å². The minimum atomic E-state index is -0.00172. The van der Waals surface area contributed by atoms with Gasteiger partial charge in [0, 0.05) is 47.0 Å². The SMILES string of the molecule is O=c1cc(-c2cccc(O)c2)[nH]c2ccc(N3CCCC3)cc12. The summed E-state index contributed by atoms with van der Waals surface area (Å²) in [6.45, 7) is 2.12. The van der Waals surface area contributed by atoms with Gasteiger partial charge in [-0.2, -0.15) is 0 Å². The van der Waals surface area contributed by atoms with E-state index in [9.17, 15) is 9.90 Å². The van der Waals surface area contributed by atoms with Gasteiger partial charge in [0.05, 0.1) is 0 Å². The fourth-order valence-electron chi connectivity index (χ4n) is 3.24. The Bertz CT molecular complexity index is 924. The molecule has 2 aromatic carbocycles. The van der Waals surface area contributed by atoms with E-state index in [0.29, 0.717) is 11.1 Å². The van der Waals surface area contributed by atoms with Crippen LogP contribution in [0.4, 0.5) is 5.69 Å². The maximum Gasteiger partial charge on any atom is 0.190 e. The standard InChI is InChI=1S/C19H18N2O2/c22-15-5-3-4-13(10-15)18-12-19(23)16-11-14(6-7-17(16)20-18)21-8-1-2-9-21/h3-7,10-12,22H,1-2,8-9H2,(H,20,23). The number of aromatic hydroxyl groups is 1. The van der Waals surface area contributed by atoms with Gasteiger partial charge in [-0.25, -0.2) is 0 Å². The molecule has 1 aliphatic heterocycles. The number of aromatic amines is 1. The summed E-state index contributed by atoms with van der Waals surface area (Å²) in [4.78, 5) is 18.1. The molecule has 0 bridgehead atoms. The zero-order chi connectivity index (χ0) is 15.8. The second-order valence-corrected chi connectivity index (χ2v) is 6.02. The summed E-state index contributed by atoms with van der Waals surface area (Å²) >= 11 is 0. The number of fused-ring (bicyclic) bond motifs is 1. The number of pyridine rings is 1. The lowest BCUT2D eigenvalue weighted by molar-refractivity contribution is 0.475. The van der Waals surface area contributed by atoms with Gasteiger partial charge in [0.25, 0.3) is 0 Å². The topological polar surface area (TPSA) is 56.3 Å². The molecular weight excluding hydrogens is 288 g/mol. The maximum absolute atomic E-state index is 12.5. The molecule has 116 valence electrons. The quantitative estimate of drug-likeness (QED) is 0.762. The maximum atomic E-state index is 12.5. The number of hydrogen-bond acceptors (Lipinski definition) is 3. The summed E-state index contributed by atoms with van der Waals surface area (Å²) in [5.74, 6) is 0.188. The largest absolute Gasteiger partial charge is 0.508 e. The fraction of sp³-hybridized carbons (Fsp3) is 0.211.